The first-order valence-electron chi connectivity index (χ1n) is 6.67. The first kappa shape index (κ1) is 13.5. The lowest BCUT2D eigenvalue weighted by molar-refractivity contribution is 0.295. The Kier molecular flexibility index (Phi) is 4.44. The van der Waals surface area contributed by atoms with E-state index in [2.05, 4.69) is 31.1 Å². The second kappa shape index (κ2) is 6.27. The lowest BCUT2D eigenvalue weighted by Crippen LogP contribution is -2.06. The molecule has 0 aliphatic heterocycles. The van der Waals surface area contributed by atoms with E-state index in [1.54, 1.807) is 6.07 Å². The topological polar surface area (TPSA) is 53.1 Å². The number of rotatable bonds is 6. The predicted octanol–water partition coefficient (Wildman–Crippen LogP) is 3.06. The van der Waals surface area contributed by atoms with E-state index in [9.17, 15) is 0 Å². The Morgan fingerprint density at radius 2 is 2.05 bits per heavy atom. The second-order valence-electron chi connectivity index (χ2n) is 4.90. The van der Waals surface area contributed by atoms with Crippen LogP contribution in [-0.4, -0.2) is 16.4 Å². The molecule has 0 aliphatic rings. The van der Waals surface area contributed by atoms with Crippen LogP contribution >= 0.6 is 0 Å². The Hall–Kier alpha value is -1.97. The van der Waals surface area contributed by atoms with Crippen molar-refractivity contribution >= 4 is 5.82 Å². The van der Waals surface area contributed by atoms with Crippen LogP contribution < -0.4 is 10.5 Å². The van der Waals surface area contributed by atoms with Crippen molar-refractivity contribution in [1.82, 2.24) is 9.78 Å². The zero-order valence-electron chi connectivity index (χ0n) is 11.5. The SMILES string of the molecule is CC(C)c1ccccc1OCCCn1ccc(N)n1. The number of anilines is 1. The van der Waals surface area contributed by atoms with Gasteiger partial charge in [0.05, 0.1) is 6.61 Å². The predicted molar refractivity (Wildman–Crippen MR) is 77.3 cm³/mol. The van der Waals surface area contributed by atoms with E-state index in [1.165, 1.54) is 5.56 Å². The monoisotopic (exact) mass is 259 g/mol. The molecule has 102 valence electrons. The summed E-state index contributed by atoms with van der Waals surface area (Å²) in [4.78, 5) is 0. The highest BCUT2D eigenvalue weighted by Gasteiger charge is 2.06. The average Bonchev–Trinajstić information content (AvgIpc) is 2.81. The molecule has 2 rings (SSSR count). The van der Waals surface area contributed by atoms with E-state index in [-0.39, 0.29) is 0 Å². The number of para-hydroxylation sites is 1. The number of hydrogen-bond donors (Lipinski definition) is 1. The summed E-state index contributed by atoms with van der Waals surface area (Å²) < 4.78 is 7.69. The third kappa shape index (κ3) is 3.74. The number of aryl methyl sites for hydroxylation is 1. The summed E-state index contributed by atoms with van der Waals surface area (Å²) in [5.41, 5.74) is 6.82. The fourth-order valence-electron chi connectivity index (χ4n) is 2.00. The van der Waals surface area contributed by atoms with E-state index < -0.39 is 0 Å². The van der Waals surface area contributed by atoms with Gasteiger partial charge in [-0.2, -0.15) is 5.10 Å². The molecule has 0 spiro atoms. The molecule has 0 unspecified atom stereocenters. The van der Waals surface area contributed by atoms with E-state index in [1.807, 2.05) is 23.0 Å². The fraction of sp³-hybridized carbons (Fsp3) is 0.400. The van der Waals surface area contributed by atoms with E-state index in [0.29, 0.717) is 18.3 Å². The first-order chi connectivity index (χ1) is 9.16. The minimum atomic E-state index is 0.474. The van der Waals surface area contributed by atoms with Gasteiger partial charge >= 0.3 is 0 Å². The van der Waals surface area contributed by atoms with Crippen molar-refractivity contribution < 1.29 is 4.74 Å². The lowest BCUT2D eigenvalue weighted by Gasteiger charge is -2.13. The van der Waals surface area contributed by atoms with Crippen LogP contribution in [-0.2, 0) is 6.54 Å². The number of benzene rings is 1. The molecule has 2 aromatic rings. The third-order valence-corrected chi connectivity index (χ3v) is 2.99. The molecule has 0 atom stereocenters. The quantitative estimate of drug-likeness (QED) is 0.811. The summed E-state index contributed by atoms with van der Waals surface area (Å²) in [6, 6.07) is 10.0. The maximum Gasteiger partial charge on any atom is 0.145 e. The average molecular weight is 259 g/mol. The van der Waals surface area contributed by atoms with Gasteiger partial charge in [-0.1, -0.05) is 32.0 Å². The van der Waals surface area contributed by atoms with Gasteiger partial charge in [0.1, 0.15) is 11.6 Å². The van der Waals surface area contributed by atoms with Gasteiger partial charge < -0.3 is 10.5 Å². The zero-order chi connectivity index (χ0) is 13.7. The molecule has 4 heteroatoms. The van der Waals surface area contributed by atoms with Crippen molar-refractivity contribution in [1.29, 1.82) is 0 Å². The summed E-state index contributed by atoms with van der Waals surface area (Å²) >= 11 is 0. The summed E-state index contributed by atoms with van der Waals surface area (Å²) in [5.74, 6) is 2.02. The van der Waals surface area contributed by atoms with Crippen molar-refractivity contribution in [2.75, 3.05) is 12.3 Å². The number of hydrogen-bond acceptors (Lipinski definition) is 3. The van der Waals surface area contributed by atoms with Crippen LogP contribution in [0.4, 0.5) is 5.82 Å². The van der Waals surface area contributed by atoms with Crippen LogP contribution in [0.1, 0.15) is 31.7 Å². The molecule has 0 amide bonds. The number of ether oxygens (including phenoxy) is 1. The Morgan fingerprint density at radius 1 is 1.26 bits per heavy atom. The van der Waals surface area contributed by atoms with Crippen molar-refractivity contribution in [2.45, 2.75) is 32.7 Å². The largest absolute Gasteiger partial charge is 0.493 e. The smallest absolute Gasteiger partial charge is 0.145 e. The molecule has 0 bridgehead atoms. The summed E-state index contributed by atoms with van der Waals surface area (Å²) in [6.07, 6.45) is 2.80. The molecule has 0 aliphatic carbocycles. The maximum absolute atomic E-state index is 5.85. The Bertz CT molecular complexity index is 520. The van der Waals surface area contributed by atoms with Gasteiger partial charge in [0, 0.05) is 19.2 Å². The van der Waals surface area contributed by atoms with Crippen LogP contribution in [0, 0.1) is 0 Å². The van der Waals surface area contributed by atoms with Crippen LogP contribution in [0.15, 0.2) is 36.5 Å². The summed E-state index contributed by atoms with van der Waals surface area (Å²) in [6.45, 7) is 5.86. The number of nitrogen functional groups attached to an aromatic ring is 1. The molecule has 1 aromatic carbocycles. The van der Waals surface area contributed by atoms with Gasteiger partial charge in [0.2, 0.25) is 0 Å². The lowest BCUT2D eigenvalue weighted by atomic mass is 10.0. The molecule has 19 heavy (non-hydrogen) atoms. The number of nitrogens with zero attached hydrogens (tertiary/aromatic N) is 2. The third-order valence-electron chi connectivity index (χ3n) is 2.99. The number of nitrogens with two attached hydrogens (primary N) is 1. The molecule has 1 heterocycles. The van der Waals surface area contributed by atoms with Crippen LogP contribution in [0.3, 0.4) is 0 Å². The normalized spacial score (nSPS) is 10.9. The van der Waals surface area contributed by atoms with E-state index >= 15 is 0 Å². The zero-order valence-corrected chi connectivity index (χ0v) is 11.5. The molecule has 0 radical (unpaired) electrons. The first-order valence-corrected chi connectivity index (χ1v) is 6.67. The van der Waals surface area contributed by atoms with Gasteiger partial charge in [-0.15, -0.1) is 0 Å². The Labute approximate surface area is 114 Å². The molecule has 0 fully saturated rings. The highest BCUT2D eigenvalue weighted by Crippen LogP contribution is 2.25. The highest BCUT2D eigenvalue weighted by atomic mass is 16.5. The van der Waals surface area contributed by atoms with Crippen LogP contribution in [0.5, 0.6) is 5.75 Å². The maximum atomic E-state index is 5.85. The van der Waals surface area contributed by atoms with Gasteiger partial charge in [-0.25, -0.2) is 0 Å². The fourth-order valence-corrected chi connectivity index (χ4v) is 2.00. The van der Waals surface area contributed by atoms with Crippen molar-refractivity contribution in [3.05, 3.63) is 42.1 Å². The van der Waals surface area contributed by atoms with Crippen molar-refractivity contribution in [3.8, 4) is 5.75 Å². The van der Waals surface area contributed by atoms with Crippen LogP contribution in [0.2, 0.25) is 0 Å². The molecule has 0 saturated carbocycles. The molecule has 2 N–H and O–H groups in total. The molecular weight excluding hydrogens is 238 g/mol. The minimum absolute atomic E-state index is 0.474. The standard InChI is InChI=1S/C15H21N3O/c1-12(2)13-6-3-4-7-14(13)19-11-5-9-18-10-8-15(16)17-18/h3-4,6-8,10,12H,5,9,11H2,1-2H3,(H2,16,17). The van der Waals surface area contributed by atoms with Crippen molar-refractivity contribution in [3.63, 3.8) is 0 Å². The van der Waals surface area contributed by atoms with Gasteiger partial charge in [-0.3, -0.25) is 4.68 Å². The summed E-state index contributed by atoms with van der Waals surface area (Å²) in [5, 5.41) is 4.14. The summed E-state index contributed by atoms with van der Waals surface area (Å²) in [7, 11) is 0. The second-order valence-corrected chi connectivity index (χ2v) is 4.90. The van der Waals surface area contributed by atoms with Gasteiger partial charge in [-0.05, 0) is 23.6 Å². The van der Waals surface area contributed by atoms with E-state index in [0.717, 1.165) is 18.7 Å². The highest BCUT2D eigenvalue weighted by molar-refractivity contribution is 5.35. The van der Waals surface area contributed by atoms with E-state index in [4.69, 9.17) is 10.5 Å². The molecule has 1 aromatic heterocycles. The van der Waals surface area contributed by atoms with Gasteiger partial charge in [0.25, 0.3) is 0 Å². The Morgan fingerprint density at radius 3 is 2.74 bits per heavy atom. The molecular formula is C15H21N3O. The number of aromatic nitrogens is 2. The minimum Gasteiger partial charge on any atom is -0.493 e. The molecule has 4 nitrogen and oxygen atoms in total. The van der Waals surface area contributed by atoms with Crippen molar-refractivity contribution in [2.24, 2.45) is 0 Å². The molecule has 0 saturated heterocycles. The van der Waals surface area contributed by atoms with Crippen LogP contribution in [0.25, 0.3) is 0 Å². The Balaban J connectivity index is 1.82. The van der Waals surface area contributed by atoms with Gasteiger partial charge in [0.15, 0.2) is 0 Å².